The standard InChI is InChI=1S/C11H16N4OS/c1-7(5-9-3-4-17-6-9)13-11-15-14-10(16-11)8(2)12/h3-4,6-8H,5,12H2,1-2H3,(H,13,15). The maximum Gasteiger partial charge on any atom is 0.315 e. The van der Waals surface area contributed by atoms with Crippen molar-refractivity contribution >= 4 is 17.4 Å². The van der Waals surface area contributed by atoms with Gasteiger partial charge in [-0.1, -0.05) is 5.10 Å². The Hall–Kier alpha value is -1.40. The summed E-state index contributed by atoms with van der Waals surface area (Å²) in [5.74, 6) is 0.454. The molecule has 2 heterocycles. The average Bonchev–Trinajstić information content (AvgIpc) is 2.88. The van der Waals surface area contributed by atoms with Crippen LogP contribution in [-0.4, -0.2) is 16.2 Å². The Bertz CT molecular complexity index is 452. The number of nitrogens with two attached hydrogens (primary N) is 1. The average molecular weight is 252 g/mol. The van der Waals surface area contributed by atoms with Gasteiger partial charge in [0.05, 0.1) is 6.04 Å². The fourth-order valence-corrected chi connectivity index (χ4v) is 2.18. The Morgan fingerprint density at radius 3 is 2.88 bits per heavy atom. The van der Waals surface area contributed by atoms with E-state index in [1.807, 2.05) is 6.92 Å². The van der Waals surface area contributed by atoms with Crippen LogP contribution in [0, 0.1) is 0 Å². The molecule has 0 radical (unpaired) electrons. The van der Waals surface area contributed by atoms with E-state index >= 15 is 0 Å². The molecule has 2 unspecified atom stereocenters. The molecule has 5 nitrogen and oxygen atoms in total. The highest BCUT2D eigenvalue weighted by atomic mass is 32.1. The van der Waals surface area contributed by atoms with Crippen molar-refractivity contribution in [2.75, 3.05) is 5.32 Å². The van der Waals surface area contributed by atoms with Gasteiger partial charge in [0.15, 0.2) is 0 Å². The lowest BCUT2D eigenvalue weighted by molar-refractivity contribution is 0.469. The molecule has 3 N–H and O–H groups in total. The molecule has 0 aliphatic heterocycles. The fourth-order valence-electron chi connectivity index (χ4n) is 1.50. The summed E-state index contributed by atoms with van der Waals surface area (Å²) in [7, 11) is 0. The summed E-state index contributed by atoms with van der Waals surface area (Å²) < 4.78 is 5.38. The van der Waals surface area contributed by atoms with Gasteiger partial charge < -0.3 is 15.5 Å². The molecule has 0 spiro atoms. The van der Waals surface area contributed by atoms with Crippen molar-refractivity contribution in [2.45, 2.75) is 32.4 Å². The lowest BCUT2D eigenvalue weighted by Gasteiger charge is -2.10. The number of rotatable bonds is 5. The third-order valence-corrected chi connectivity index (χ3v) is 3.05. The number of aromatic nitrogens is 2. The van der Waals surface area contributed by atoms with Gasteiger partial charge in [0.2, 0.25) is 5.89 Å². The van der Waals surface area contributed by atoms with E-state index in [9.17, 15) is 0 Å². The van der Waals surface area contributed by atoms with Crippen molar-refractivity contribution in [1.29, 1.82) is 0 Å². The summed E-state index contributed by atoms with van der Waals surface area (Å²) in [4.78, 5) is 0. The maximum atomic E-state index is 5.64. The molecular formula is C11H16N4OS. The first-order valence-electron chi connectivity index (χ1n) is 5.51. The van der Waals surface area contributed by atoms with E-state index in [4.69, 9.17) is 10.2 Å². The molecule has 0 aliphatic carbocycles. The molecule has 17 heavy (non-hydrogen) atoms. The molecule has 6 heteroatoms. The summed E-state index contributed by atoms with van der Waals surface area (Å²) in [6.45, 7) is 3.89. The van der Waals surface area contributed by atoms with Crippen LogP contribution in [0.4, 0.5) is 6.01 Å². The quantitative estimate of drug-likeness (QED) is 0.853. The third kappa shape index (κ3) is 3.28. The van der Waals surface area contributed by atoms with Crippen LogP contribution in [0.25, 0.3) is 0 Å². The van der Waals surface area contributed by atoms with Crippen molar-refractivity contribution < 1.29 is 4.42 Å². The molecule has 2 rings (SSSR count). The van der Waals surface area contributed by atoms with Gasteiger partial charge in [-0.25, -0.2) is 0 Å². The summed E-state index contributed by atoms with van der Waals surface area (Å²) in [6, 6.07) is 2.56. The van der Waals surface area contributed by atoms with Crippen LogP contribution < -0.4 is 11.1 Å². The normalized spacial score (nSPS) is 14.5. The van der Waals surface area contributed by atoms with Gasteiger partial charge in [-0.2, -0.15) is 11.3 Å². The minimum absolute atomic E-state index is 0.231. The van der Waals surface area contributed by atoms with Gasteiger partial charge in [-0.05, 0) is 42.7 Å². The SMILES string of the molecule is CC(Cc1ccsc1)Nc1nnc(C(C)N)o1. The van der Waals surface area contributed by atoms with Gasteiger partial charge in [0.25, 0.3) is 0 Å². The fraction of sp³-hybridized carbons (Fsp3) is 0.455. The highest BCUT2D eigenvalue weighted by Crippen LogP contribution is 2.14. The van der Waals surface area contributed by atoms with Crippen LogP contribution >= 0.6 is 11.3 Å². The summed E-state index contributed by atoms with van der Waals surface area (Å²) >= 11 is 1.70. The first-order chi connectivity index (χ1) is 8.15. The highest BCUT2D eigenvalue weighted by Gasteiger charge is 2.12. The lowest BCUT2D eigenvalue weighted by atomic mass is 10.1. The monoisotopic (exact) mass is 252 g/mol. The van der Waals surface area contributed by atoms with Crippen LogP contribution in [0.1, 0.15) is 31.3 Å². The van der Waals surface area contributed by atoms with E-state index in [2.05, 4.69) is 39.3 Å². The minimum Gasteiger partial charge on any atom is -0.406 e. The maximum absolute atomic E-state index is 5.64. The number of hydrogen-bond acceptors (Lipinski definition) is 6. The Labute approximate surface area is 104 Å². The molecule has 0 saturated carbocycles. The summed E-state index contributed by atoms with van der Waals surface area (Å²) in [6.07, 6.45) is 0.930. The highest BCUT2D eigenvalue weighted by molar-refractivity contribution is 7.07. The van der Waals surface area contributed by atoms with Crippen LogP contribution in [-0.2, 0) is 6.42 Å². The van der Waals surface area contributed by atoms with Crippen molar-refractivity contribution in [3.05, 3.63) is 28.3 Å². The Morgan fingerprint density at radius 2 is 2.29 bits per heavy atom. The molecule has 0 amide bonds. The van der Waals surface area contributed by atoms with Crippen LogP contribution in [0.3, 0.4) is 0 Å². The zero-order valence-electron chi connectivity index (χ0n) is 9.88. The van der Waals surface area contributed by atoms with Crippen LogP contribution in [0.15, 0.2) is 21.2 Å². The zero-order chi connectivity index (χ0) is 12.3. The van der Waals surface area contributed by atoms with E-state index in [0.717, 1.165) is 6.42 Å². The first-order valence-corrected chi connectivity index (χ1v) is 6.46. The number of anilines is 1. The Balaban J connectivity index is 1.91. The largest absolute Gasteiger partial charge is 0.406 e. The van der Waals surface area contributed by atoms with E-state index in [-0.39, 0.29) is 12.1 Å². The van der Waals surface area contributed by atoms with Crippen LogP contribution in [0.2, 0.25) is 0 Å². The van der Waals surface area contributed by atoms with Gasteiger partial charge >= 0.3 is 6.01 Å². The number of nitrogens with zero attached hydrogens (tertiary/aromatic N) is 2. The van der Waals surface area contributed by atoms with Crippen molar-refractivity contribution in [1.82, 2.24) is 10.2 Å². The number of nitrogens with one attached hydrogen (secondary N) is 1. The Morgan fingerprint density at radius 1 is 1.47 bits per heavy atom. The zero-order valence-corrected chi connectivity index (χ0v) is 10.7. The predicted molar refractivity (Wildman–Crippen MR) is 68.0 cm³/mol. The van der Waals surface area contributed by atoms with E-state index < -0.39 is 0 Å². The summed E-state index contributed by atoms with van der Waals surface area (Å²) in [5.41, 5.74) is 6.95. The molecule has 0 aromatic carbocycles. The van der Waals surface area contributed by atoms with Crippen LogP contribution in [0.5, 0.6) is 0 Å². The van der Waals surface area contributed by atoms with Gasteiger partial charge in [0, 0.05) is 6.04 Å². The molecule has 2 aromatic rings. The van der Waals surface area contributed by atoms with Crippen molar-refractivity contribution in [3.8, 4) is 0 Å². The predicted octanol–water partition coefficient (Wildman–Crippen LogP) is 2.19. The van der Waals surface area contributed by atoms with Crippen molar-refractivity contribution in [3.63, 3.8) is 0 Å². The van der Waals surface area contributed by atoms with E-state index in [1.165, 1.54) is 5.56 Å². The number of hydrogen-bond donors (Lipinski definition) is 2. The molecule has 2 atom stereocenters. The van der Waals surface area contributed by atoms with Gasteiger partial charge in [-0.15, -0.1) is 5.10 Å². The summed E-state index contributed by atoms with van der Waals surface area (Å²) in [5, 5.41) is 15.1. The van der Waals surface area contributed by atoms with E-state index in [0.29, 0.717) is 11.9 Å². The Kier molecular flexibility index (Phi) is 3.75. The minimum atomic E-state index is -0.231. The van der Waals surface area contributed by atoms with E-state index in [1.54, 1.807) is 11.3 Å². The molecule has 0 saturated heterocycles. The smallest absolute Gasteiger partial charge is 0.315 e. The topological polar surface area (TPSA) is 77.0 Å². The second-order valence-electron chi connectivity index (χ2n) is 4.12. The molecule has 2 aromatic heterocycles. The van der Waals surface area contributed by atoms with Gasteiger partial charge in [-0.3, -0.25) is 0 Å². The first kappa shape index (κ1) is 12.1. The molecule has 0 fully saturated rings. The molecule has 0 bridgehead atoms. The number of thiophene rings is 1. The van der Waals surface area contributed by atoms with Crippen molar-refractivity contribution in [2.24, 2.45) is 5.73 Å². The lowest BCUT2D eigenvalue weighted by Crippen LogP contribution is -2.17. The van der Waals surface area contributed by atoms with Gasteiger partial charge in [0.1, 0.15) is 0 Å². The second-order valence-corrected chi connectivity index (χ2v) is 4.90. The third-order valence-electron chi connectivity index (χ3n) is 2.32. The molecule has 92 valence electrons. The molecular weight excluding hydrogens is 236 g/mol. The molecule has 0 aliphatic rings. The second kappa shape index (κ2) is 5.29.